The zero-order valence-corrected chi connectivity index (χ0v) is 11.3. The van der Waals surface area contributed by atoms with E-state index < -0.39 is 6.61 Å². The molecular formula is C13H14F2N4O2. The van der Waals surface area contributed by atoms with Gasteiger partial charge in [0.1, 0.15) is 11.6 Å². The van der Waals surface area contributed by atoms with Crippen molar-refractivity contribution in [1.82, 2.24) is 20.5 Å². The molecule has 1 amide bonds. The van der Waals surface area contributed by atoms with Gasteiger partial charge in [-0.05, 0) is 31.0 Å². The van der Waals surface area contributed by atoms with Gasteiger partial charge in [-0.2, -0.15) is 8.78 Å². The van der Waals surface area contributed by atoms with E-state index in [-0.39, 0.29) is 17.5 Å². The molecule has 0 atom stereocenters. The second kappa shape index (κ2) is 6.78. The monoisotopic (exact) mass is 296 g/mol. The van der Waals surface area contributed by atoms with Gasteiger partial charge in [0, 0.05) is 6.54 Å². The molecule has 0 aliphatic heterocycles. The van der Waals surface area contributed by atoms with Crippen LogP contribution in [0.4, 0.5) is 8.78 Å². The first-order valence-corrected chi connectivity index (χ1v) is 6.25. The van der Waals surface area contributed by atoms with Crippen molar-refractivity contribution < 1.29 is 18.3 Å². The van der Waals surface area contributed by atoms with Crippen LogP contribution < -0.4 is 10.1 Å². The maximum atomic E-state index is 12.0. The van der Waals surface area contributed by atoms with Crippen molar-refractivity contribution in [3.8, 4) is 5.75 Å². The Balaban J connectivity index is 1.79. The first-order valence-electron chi connectivity index (χ1n) is 6.25. The van der Waals surface area contributed by atoms with E-state index in [1.54, 1.807) is 19.1 Å². The van der Waals surface area contributed by atoms with E-state index in [1.165, 1.54) is 12.1 Å². The highest BCUT2D eigenvalue weighted by atomic mass is 19.3. The van der Waals surface area contributed by atoms with E-state index in [1.807, 2.05) is 0 Å². The number of ether oxygens (including phenoxy) is 1. The third-order valence-electron chi connectivity index (χ3n) is 2.65. The minimum atomic E-state index is -2.83. The molecule has 0 unspecified atom stereocenters. The van der Waals surface area contributed by atoms with Crippen LogP contribution in [-0.4, -0.2) is 34.2 Å². The number of hydrogen-bond donors (Lipinski definition) is 2. The Bertz CT molecular complexity index is 598. The minimum Gasteiger partial charge on any atom is -0.435 e. The fourth-order valence-corrected chi connectivity index (χ4v) is 1.68. The maximum Gasteiger partial charge on any atom is 0.387 e. The Hall–Kier alpha value is -2.51. The number of nitrogens with one attached hydrogen (secondary N) is 2. The molecule has 0 saturated carbocycles. The molecule has 6 nitrogen and oxygen atoms in total. The molecule has 2 rings (SSSR count). The number of carbonyl (C=O) groups is 1. The summed E-state index contributed by atoms with van der Waals surface area (Å²) in [6, 6.07) is 6.26. The topological polar surface area (TPSA) is 79.9 Å². The number of aromatic amines is 1. The van der Waals surface area contributed by atoms with Gasteiger partial charge in [0.15, 0.2) is 0 Å². The Morgan fingerprint density at radius 2 is 2.10 bits per heavy atom. The number of carbonyl (C=O) groups excluding carboxylic acids is 1. The zero-order valence-electron chi connectivity index (χ0n) is 11.3. The van der Waals surface area contributed by atoms with Crippen molar-refractivity contribution in [1.29, 1.82) is 0 Å². The lowest BCUT2D eigenvalue weighted by Gasteiger charge is -2.06. The number of H-pyrrole nitrogens is 1. The number of aromatic nitrogens is 3. The van der Waals surface area contributed by atoms with E-state index in [0.717, 1.165) is 5.56 Å². The molecule has 112 valence electrons. The first-order chi connectivity index (χ1) is 10.0. The lowest BCUT2D eigenvalue weighted by molar-refractivity contribution is -0.0498. The third-order valence-corrected chi connectivity index (χ3v) is 2.65. The Morgan fingerprint density at radius 1 is 1.38 bits per heavy atom. The first kappa shape index (κ1) is 14.9. The number of aryl methyl sites for hydroxylation is 1. The van der Waals surface area contributed by atoms with Crippen molar-refractivity contribution >= 4 is 5.91 Å². The minimum absolute atomic E-state index is 0.0909. The van der Waals surface area contributed by atoms with Gasteiger partial charge in [-0.1, -0.05) is 12.1 Å². The van der Waals surface area contributed by atoms with Crippen LogP contribution in [0.1, 0.15) is 22.0 Å². The van der Waals surface area contributed by atoms with Crippen LogP contribution in [0.3, 0.4) is 0 Å². The van der Waals surface area contributed by atoms with Crippen LogP contribution in [0, 0.1) is 6.92 Å². The summed E-state index contributed by atoms with van der Waals surface area (Å²) in [5.41, 5.74) is 0.892. The number of alkyl halides is 2. The Morgan fingerprint density at radius 3 is 2.67 bits per heavy atom. The lowest BCUT2D eigenvalue weighted by atomic mass is 10.1. The van der Waals surface area contributed by atoms with E-state index >= 15 is 0 Å². The van der Waals surface area contributed by atoms with Crippen LogP contribution in [0.15, 0.2) is 24.3 Å². The molecule has 1 aromatic carbocycles. The summed E-state index contributed by atoms with van der Waals surface area (Å²) in [5, 5.41) is 9.00. The van der Waals surface area contributed by atoms with Crippen molar-refractivity contribution in [2.24, 2.45) is 0 Å². The van der Waals surface area contributed by atoms with Gasteiger partial charge < -0.3 is 10.1 Å². The highest BCUT2D eigenvalue weighted by Crippen LogP contribution is 2.14. The highest BCUT2D eigenvalue weighted by Gasteiger charge is 2.10. The molecule has 0 bridgehead atoms. The lowest BCUT2D eigenvalue weighted by Crippen LogP contribution is -2.26. The molecule has 0 aliphatic rings. The molecule has 0 aliphatic carbocycles. The summed E-state index contributed by atoms with van der Waals surface area (Å²) in [5.74, 6) is 0.397. The average Bonchev–Trinajstić information content (AvgIpc) is 2.87. The van der Waals surface area contributed by atoms with Crippen LogP contribution in [0.5, 0.6) is 5.75 Å². The fourth-order valence-electron chi connectivity index (χ4n) is 1.68. The van der Waals surface area contributed by atoms with Gasteiger partial charge >= 0.3 is 6.61 Å². The van der Waals surface area contributed by atoms with E-state index in [2.05, 4.69) is 25.2 Å². The number of amides is 1. The SMILES string of the molecule is Cc1nc(C(=O)NCCc2ccc(OC(F)F)cc2)n[nH]1. The molecule has 2 N–H and O–H groups in total. The van der Waals surface area contributed by atoms with Crippen molar-refractivity contribution in [2.45, 2.75) is 20.0 Å². The molecule has 1 heterocycles. The molecule has 0 spiro atoms. The van der Waals surface area contributed by atoms with E-state index in [4.69, 9.17) is 0 Å². The fraction of sp³-hybridized carbons (Fsp3) is 0.308. The standard InChI is InChI=1S/C13H14F2N4O2/c1-8-17-11(19-18-8)12(20)16-7-6-9-2-4-10(5-3-9)21-13(14)15/h2-5,13H,6-7H2,1H3,(H,16,20)(H,17,18,19). The molecule has 1 aromatic heterocycles. The summed E-state index contributed by atoms with van der Waals surface area (Å²) in [6.45, 7) is -0.742. The quantitative estimate of drug-likeness (QED) is 0.850. The van der Waals surface area contributed by atoms with Crippen LogP contribution in [0.25, 0.3) is 0 Å². The summed E-state index contributed by atoms with van der Waals surface area (Å²) in [7, 11) is 0. The molecule has 2 aromatic rings. The molecule has 8 heteroatoms. The molecule has 0 saturated heterocycles. The highest BCUT2D eigenvalue weighted by molar-refractivity contribution is 5.90. The third kappa shape index (κ3) is 4.51. The van der Waals surface area contributed by atoms with E-state index in [9.17, 15) is 13.6 Å². The summed E-state index contributed by atoms with van der Waals surface area (Å²) in [4.78, 5) is 15.6. The Labute approximate surface area is 119 Å². The van der Waals surface area contributed by atoms with Crippen LogP contribution in [-0.2, 0) is 6.42 Å². The molecule has 21 heavy (non-hydrogen) atoms. The number of hydrogen-bond acceptors (Lipinski definition) is 4. The smallest absolute Gasteiger partial charge is 0.387 e. The van der Waals surface area contributed by atoms with Gasteiger partial charge in [0.2, 0.25) is 5.82 Å². The van der Waals surface area contributed by atoms with E-state index in [0.29, 0.717) is 18.8 Å². The van der Waals surface area contributed by atoms with Gasteiger partial charge in [0.05, 0.1) is 0 Å². The van der Waals surface area contributed by atoms with Crippen LogP contribution in [0.2, 0.25) is 0 Å². The number of benzene rings is 1. The van der Waals surface area contributed by atoms with Gasteiger partial charge in [0.25, 0.3) is 5.91 Å². The van der Waals surface area contributed by atoms with Crippen LogP contribution >= 0.6 is 0 Å². The second-order valence-corrected chi connectivity index (χ2v) is 4.27. The largest absolute Gasteiger partial charge is 0.435 e. The predicted octanol–water partition coefficient (Wildman–Crippen LogP) is 1.69. The van der Waals surface area contributed by atoms with Crippen molar-refractivity contribution in [3.63, 3.8) is 0 Å². The van der Waals surface area contributed by atoms with Gasteiger partial charge in [-0.15, -0.1) is 5.10 Å². The summed E-state index contributed by atoms with van der Waals surface area (Å²) >= 11 is 0. The summed E-state index contributed by atoms with van der Waals surface area (Å²) in [6.07, 6.45) is 0.560. The maximum absolute atomic E-state index is 12.0. The second-order valence-electron chi connectivity index (χ2n) is 4.27. The molecule has 0 fully saturated rings. The average molecular weight is 296 g/mol. The molecular weight excluding hydrogens is 282 g/mol. The molecule has 0 radical (unpaired) electrons. The van der Waals surface area contributed by atoms with Crippen molar-refractivity contribution in [3.05, 3.63) is 41.5 Å². The number of halogens is 2. The van der Waals surface area contributed by atoms with Gasteiger partial charge in [-0.3, -0.25) is 9.89 Å². The normalized spacial score (nSPS) is 10.7. The zero-order chi connectivity index (χ0) is 15.2. The number of nitrogens with zero attached hydrogens (tertiary/aromatic N) is 2. The predicted molar refractivity (Wildman–Crippen MR) is 70.2 cm³/mol. The van der Waals surface area contributed by atoms with Gasteiger partial charge in [-0.25, -0.2) is 4.98 Å². The summed E-state index contributed by atoms with van der Waals surface area (Å²) < 4.78 is 28.2. The van der Waals surface area contributed by atoms with Crippen molar-refractivity contribution in [2.75, 3.05) is 6.54 Å². The Kier molecular flexibility index (Phi) is 4.81. The number of rotatable bonds is 6.